The molecule has 2 aromatic carbocycles. The highest BCUT2D eigenvalue weighted by molar-refractivity contribution is 6.31. The number of halogens is 1. The van der Waals surface area contributed by atoms with Crippen LogP contribution in [0.15, 0.2) is 66.9 Å². The van der Waals surface area contributed by atoms with Crippen molar-refractivity contribution in [3.63, 3.8) is 0 Å². The number of ether oxygens (including phenoxy) is 1. The molecular formula is C20H16ClN3O2. The van der Waals surface area contributed by atoms with Crippen molar-refractivity contribution in [2.45, 2.75) is 13.1 Å². The van der Waals surface area contributed by atoms with Crippen molar-refractivity contribution in [3.05, 3.63) is 83.1 Å². The molecule has 0 radical (unpaired) electrons. The van der Waals surface area contributed by atoms with Gasteiger partial charge in [0.05, 0.1) is 24.5 Å². The number of hydrogen-bond acceptors (Lipinski definition) is 3. The lowest BCUT2D eigenvalue weighted by molar-refractivity contribution is 0.245. The van der Waals surface area contributed by atoms with Crippen LogP contribution in [0, 0.1) is 0 Å². The van der Waals surface area contributed by atoms with Gasteiger partial charge in [-0.3, -0.25) is 9.88 Å². The fraction of sp³-hybridized carbons (Fsp3) is 0.100. The van der Waals surface area contributed by atoms with E-state index in [1.807, 2.05) is 42.5 Å². The number of nitrogens with zero attached hydrogens (tertiary/aromatic N) is 2. The van der Waals surface area contributed by atoms with Gasteiger partial charge in [-0.25, -0.2) is 4.79 Å². The van der Waals surface area contributed by atoms with Gasteiger partial charge in [0.2, 0.25) is 0 Å². The maximum Gasteiger partial charge on any atom is 0.322 e. The van der Waals surface area contributed by atoms with E-state index < -0.39 is 0 Å². The third-order valence-electron chi connectivity index (χ3n) is 4.12. The first-order valence-electron chi connectivity index (χ1n) is 8.21. The van der Waals surface area contributed by atoms with E-state index in [-0.39, 0.29) is 6.03 Å². The smallest absolute Gasteiger partial charge is 0.322 e. The number of pyridine rings is 1. The van der Waals surface area contributed by atoms with Gasteiger partial charge in [0.1, 0.15) is 5.75 Å². The van der Waals surface area contributed by atoms with Crippen molar-refractivity contribution in [1.29, 1.82) is 0 Å². The highest BCUT2D eigenvalue weighted by Gasteiger charge is 2.25. The first-order chi connectivity index (χ1) is 12.7. The summed E-state index contributed by atoms with van der Waals surface area (Å²) in [5.41, 5.74) is 2.35. The lowest BCUT2D eigenvalue weighted by atomic mass is 10.2. The molecule has 26 heavy (non-hydrogen) atoms. The molecule has 0 unspecified atom stereocenters. The summed E-state index contributed by atoms with van der Waals surface area (Å²) in [4.78, 5) is 18.8. The minimum Gasteiger partial charge on any atom is -0.455 e. The number of carbonyl (C=O) groups excluding carboxylic acids is 1. The van der Waals surface area contributed by atoms with E-state index in [4.69, 9.17) is 16.3 Å². The van der Waals surface area contributed by atoms with Crippen LogP contribution < -0.4 is 15.0 Å². The molecule has 1 aliphatic rings. The Hall–Kier alpha value is -3.05. The summed E-state index contributed by atoms with van der Waals surface area (Å²) in [6, 6.07) is 18.3. The Bertz CT molecular complexity index is 947. The molecule has 2 heterocycles. The second-order valence-electron chi connectivity index (χ2n) is 5.89. The largest absolute Gasteiger partial charge is 0.455 e. The second-order valence-corrected chi connectivity index (χ2v) is 6.32. The third kappa shape index (κ3) is 3.34. The van der Waals surface area contributed by atoms with E-state index in [2.05, 4.69) is 10.3 Å². The van der Waals surface area contributed by atoms with Gasteiger partial charge in [-0.05, 0) is 36.4 Å². The number of aromatic nitrogens is 1. The molecule has 1 N–H and O–H groups in total. The molecular weight excluding hydrogens is 350 g/mol. The summed E-state index contributed by atoms with van der Waals surface area (Å²) < 4.78 is 6.01. The van der Waals surface area contributed by atoms with Crippen LogP contribution in [0.25, 0.3) is 0 Å². The third-order valence-corrected chi connectivity index (χ3v) is 4.36. The van der Waals surface area contributed by atoms with E-state index in [0.717, 1.165) is 17.0 Å². The first kappa shape index (κ1) is 16.4. The van der Waals surface area contributed by atoms with Crippen LogP contribution in [0.3, 0.4) is 0 Å². The highest BCUT2D eigenvalue weighted by Crippen LogP contribution is 2.40. The molecule has 0 saturated heterocycles. The average molecular weight is 366 g/mol. The van der Waals surface area contributed by atoms with Crippen LogP contribution in [0.4, 0.5) is 10.5 Å². The maximum absolute atomic E-state index is 12.9. The summed E-state index contributed by atoms with van der Waals surface area (Å²) in [6.45, 7) is 0.728. The minimum atomic E-state index is -0.237. The maximum atomic E-state index is 12.9. The van der Waals surface area contributed by atoms with E-state index in [1.165, 1.54) is 0 Å². The molecule has 6 heteroatoms. The molecule has 0 atom stereocenters. The zero-order chi connectivity index (χ0) is 17.9. The Morgan fingerprint density at radius 2 is 1.96 bits per heavy atom. The standard InChI is InChI=1S/C20H16ClN3O2/c21-15-8-9-19-17(11-15)24(13-14-5-1-2-7-18(14)26-19)20(25)23-12-16-6-3-4-10-22-16/h1-11H,12-13H2,(H,23,25). The highest BCUT2D eigenvalue weighted by atomic mass is 35.5. The van der Waals surface area contributed by atoms with Crippen molar-refractivity contribution in [2.24, 2.45) is 0 Å². The number of benzene rings is 2. The van der Waals surface area contributed by atoms with Crippen LogP contribution in [-0.4, -0.2) is 11.0 Å². The number of amides is 2. The molecule has 0 saturated carbocycles. The number of para-hydroxylation sites is 1. The van der Waals surface area contributed by atoms with E-state index in [1.54, 1.807) is 29.3 Å². The van der Waals surface area contributed by atoms with Gasteiger partial charge in [-0.15, -0.1) is 0 Å². The molecule has 3 aromatic rings. The Morgan fingerprint density at radius 1 is 1.12 bits per heavy atom. The molecule has 2 amide bonds. The average Bonchev–Trinajstić information content (AvgIpc) is 2.83. The van der Waals surface area contributed by atoms with E-state index in [0.29, 0.717) is 29.5 Å². The van der Waals surface area contributed by atoms with Crippen LogP contribution in [-0.2, 0) is 13.1 Å². The number of anilines is 1. The Balaban J connectivity index is 1.65. The fourth-order valence-corrected chi connectivity index (χ4v) is 3.01. The van der Waals surface area contributed by atoms with Gasteiger partial charge in [0.15, 0.2) is 5.75 Å². The number of hydrogen-bond donors (Lipinski definition) is 1. The van der Waals surface area contributed by atoms with Crippen molar-refractivity contribution in [3.8, 4) is 11.5 Å². The monoisotopic (exact) mass is 365 g/mol. The number of nitrogens with one attached hydrogen (secondary N) is 1. The molecule has 130 valence electrons. The van der Waals surface area contributed by atoms with Crippen LogP contribution in [0.1, 0.15) is 11.3 Å². The molecule has 0 bridgehead atoms. The van der Waals surface area contributed by atoms with Gasteiger partial charge in [0.25, 0.3) is 0 Å². The molecule has 4 rings (SSSR count). The number of rotatable bonds is 2. The molecule has 0 fully saturated rings. The SMILES string of the molecule is O=C(NCc1ccccn1)N1Cc2ccccc2Oc2ccc(Cl)cc21. The van der Waals surface area contributed by atoms with Gasteiger partial charge >= 0.3 is 6.03 Å². The van der Waals surface area contributed by atoms with Gasteiger partial charge in [-0.1, -0.05) is 35.9 Å². The van der Waals surface area contributed by atoms with Gasteiger partial charge in [-0.2, -0.15) is 0 Å². The predicted molar refractivity (Wildman–Crippen MR) is 101 cm³/mol. The van der Waals surface area contributed by atoms with Crippen LogP contribution >= 0.6 is 11.6 Å². The molecule has 1 aromatic heterocycles. The number of fused-ring (bicyclic) bond motifs is 2. The molecule has 1 aliphatic heterocycles. The second kappa shape index (κ2) is 7.06. The van der Waals surface area contributed by atoms with Crippen molar-refractivity contribution >= 4 is 23.3 Å². The van der Waals surface area contributed by atoms with Crippen molar-refractivity contribution in [2.75, 3.05) is 4.90 Å². The molecule has 5 nitrogen and oxygen atoms in total. The lowest BCUT2D eigenvalue weighted by Crippen LogP contribution is -2.39. The zero-order valence-corrected chi connectivity index (χ0v) is 14.6. The number of carbonyl (C=O) groups is 1. The lowest BCUT2D eigenvalue weighted by Gasteiger charge is -2.22. The summed E-state index contributed by atoms with van der Waals surface area (Å²) in [5, 5.41) is 3.46. The number of urea groups is 1. The zero-order valence-electron chi connectivity index (χ0n) is 13.9. The van der Waals surface area contributed by atoms with Crippen molar-refractivity contribution in [1.82, 2.24) is 10.3 Å². The van der Waals surface area contributed by atoms with Crippen LogP contribution in [0.5, 0.6) is 11.5 Å². The first-order valence-corrected chi connectivity index (χ1v) is 8.59. The summed E-state index contributed by atoms with van der Waals surface area (Å²) in [7, 11) is 0. The summed E-state index contributed by atoms with van der Waals surface area (Å²) >= 11 is 6.16. The Labute approximate surface area is 156 Å². The van der Waals surface area contributed by atoms with Gasteiger partial charge < -0.3 is 10.1 Å². The molecule has 0 spiro atoms. The topological polar surface area (TPSA) is 54.5 Å². The minimum absolute atomic E-state index is 0.237. The van der Waals surface area contributed by atoms with E-state index in [9.17, 15) is 4.79 Å². The quantitative estimate of drug-likeness (QED) is 0.712. The van der Waals surface area contributed by atoms with E-state index >= 15 is 0 Å². The predicted octanol–water partition coefficient (Wildman–Crippen LogP) is 4.76. The molecule has 0 aliphatic carbocycles. The normalized spacial score (nSPS) is 12.4. The summed E-state index contributed by atoms with van der Waals surface area (Å²) in [5.74, 6) is 1.32. The Morgan fingerprint density at radius 3 is 2.81 bits per heavy atom. The summed E-state index contributed by atoms with van der Waals surface area (Å²) in [6.07, 6.45) is 1.70. The fourth-order valence-electron chi connectivity index (χ4n) is 2.84. The van der Waals surface area contributed by atoms with Crippen LogP contribution in [0.2, 0.25) is 5.02 Å². The van der Waals surface area contributed by atoms with Gasteiger partial charge in [0, 0.05) is 16.8 Å². The van der Waals surface area contributed by atoms with Crippen molar-refractivity contribution < 1.29 is 9.53 Å². The Kier molecular flexibility index (Phi) is 4.46.